The number of piperidine rings is 1. The lowest BCUT2D eigenvalue weighted by atomic mass is 10.0. The molecule has 1 amide bonds. The van der Waals surface area contributed by atoms with E-state index >= 15 is 0 Å². The molecule has 2 aliphatic heterocycles. The Hall–Kier alpha value is -3.32. The van der Waals surface area contributed by atoms with Crippen molar-refractivity contribution in [3.05, 3.63) is 87.0 Å². The van der Waals surface area contributed by atoms with Gasteiger partial charge in [0.05, 0.1) is 33.2 Å². The first-order chi connectivity index (χ1) is 21.2. The predicted molar refractivity (Wildman–Crippen MR) is 172 cm³/mol. The van der Waals surface area contributed by atoms with E-state index in [1.54, 1.807) is 17.8 Å². The van der Waals surface area contributed by atoms with Gasteiger partial charge < -0.3 is 20.1 Å². The molecule has 3 heterocycles. The monoisotopic (exact) mass is 639 g/mol. The van der Waals surface area contributed by atoms with Gasteiger partial charge in [0.2, 0.25) is 10.0 Å². The second-order valence-electron chi connectivity index (χ2n) is 11.8. The number of carbonyl (C=O) groups is 1. The van der Waals surface area contributed by atoms with Crippen LogP contribution in [0.15, 0.2) is 81.6 Å². The number of carbonyl (C=O) groups excluding carboxylic acids is 1. The number of aliphatic hydroxyl groups is 1. The zero-order chi connectivity index (χ0) is 31.1. The summed E-state index contributed by atoms with van der Waals surface area (Å²) in [7, 11) is -3.95. The van der Waals surface area contributed by atoms with E-state index in [9.17, 15) is 18.3 Å². The Bertz CT molecular complexity index is 1510. The van der Waals surface area contributed by atoms with Gasteiger partial charge in [-0.3, -0.25) is 4.98 Å². The van der Waals surface area contributed by atoms with Gasteiger partial charge >= 0.3 is 6.09 Å². The largest absolute Gasteiger partial charge is 0.444 e. The molecule has 0 saturated carbocycles. The molecule has 10 nitrogen and oxygen atoms in total. The first kappa shape index (κ1) is 32.1. The number of amides is 1. The molecule has 44 heavy (non-hydrogen) atoms. The van der Waals surface area contributed by atoms with Gasteiger partial charge in [-0.1, -0.05) is 50.3 Å². The number of ether oxygens (including phenoxy) is 1. The second-order valence-corrected chi connectivity index (χ2v) is 14.8. The minimum Gasteiger partial charge on any atom is -0.444 e. The summed E-state index contributed by atoms with van der Waals surface area (Å²) in [4.78, 5) is 24.9. The van der Waals surface area contributed by atoms with Gasteiger partial charge in [-0.05, 0) is 49.3 Å². The lowest BCUT2D eigenvalue weighted by molar-refractivity contribution is 0.0877. The van der Waals surface area contributed by atoms with E-state index in [0.29, 0.717) is 6.42 Å². The van der Waals surface area contributed by atoms with Gasteiger partial charge in [-0.2, -0.15) is 4.31 Å². The van der Waals surface area contributed by atoms with Crippen LogP contribution in [0.25, 0.3) is 0 Å². The first-order valence-electron chi connectivity index (χ1n) is 15.2. The maximum atomic E-state index is 14.1. The van der Waals surface area contributed by atoms with Crippen molar-refractivity contribution < 1.29 is 23.1 Å². The van der Waals surface area contributed by atoms with E-state index in [-0.39, 0.29) is 36.9 Å². The van der Waals surface area contributed by atoms with Crippen molar-refractivity contribution >= 4 is 33.2 Å². The van der Waals surface area contributed by atoms with Gasteiger partial charge in [0.15, 0.2) is 0 Å². The summed E-state index contributed by atoms with van der Waals surface area (Å²) >= 11 is 1.37. The number of nitrogens with zero attached hydrogens (tertiary/aromatic N) is 4. The SMILES string of the molecule is CC(C)CN(CC(O)C(Cc1ccccc1)NC(=O)OCc1cncs1)S(=O)(=O)C1=CC=C2C=C(N3CCCCC3)N=C2C1. The number of likely N-dealkylation sites (tertiary alicyclic amines) is 1. The number of fused-ring (bicyclic) bond motifs is 1. The molecule has 1 saturated heterocycles. The minimum atomic E-state index is -3.95. The third kappa shape index (κ3) is 8.23. The molecule has 2 aromatic rings. The Morgan fingerprint density at radius 1 is 1.14 bits per heavy atom. The normalized spacial score (nSPS) is 18.2. The lowest BCUT2D eigenvalue weighted by Gasteiger charge is -2.31. The van der Waals surface area contributed by atoms with Crippen LogP contribution in [0.1, 0.15) is 50.0 Å². The molecule has 1 aromatic carbocycles. The summed E-state index contributed by atoms with van der Waals surface area (Å²) in [5, 5.41) is 14.3. The van der Waals surface area contributed by atoms with Crippen molar-refractivity contribution in [2.75, 3.05) is 26.2 Å². The van der Waals surface area contributed by atoms with Crippen LogP contribution in [0.5, 0.6) is 0 Å². The molecule has 2 N–H and O–H groups in total. The molecule has 3 aliphatic rings. The highest BCUT2D eigenvalue weighted by Crippen LogP contribution is 2.31. The van der Waals surface area contributed by atoms with Crippen molar-refractivity contribution in [2.45, 2.75) is 64.7 Å². The summed E-state index contributed by atoms with van der Waals surface area (Å²) in [6, 6.07) is 8.66. The van der Waals surface area contributed by atoms with Crippen LogP contribution in [0.2, 0.25) is 0 Å². The Kier molecular flexibility index (Phi) is 10.7. The number of aliphatic imine (C=N–C) groups is 1. The minimum absolute atomic E-state index is 0.00774. The molecule has 0 radical (unpaired) electrons. The highest BCUT2D eigenvalue weighted by Gasteiger charge is 2.35. The van der Waals surface area contributed by atoms with Gasteiger partial charge in [-0.15, -0.1) is 11.3 Å². The summed E-state index contributed by atoms with van der Waals surface area (Å²) in [6.45, 7) is 5.89. The standard InChI is InChI=1S/C32H41N5O5S2/c1-23(2)19-37(44(40,41)27-12-11-25-16-31(34-28(25)17-27)36-13-7-4-8-14-36)20-30(38)29(15-24-9-5-3-6-10-24)35-32(39)42-21-26-18-33-22-43-26/h3,5-6,9-12,16,18,22-23,29-30,38H,4,7-8,13-15,17,19-21H2,1-2H3,(H,35,39). The number of aliphatic hydroxyl groups excluding tert-OH is 1. The van der Waals surface area contributed by atoms with Crippen LogP contribution in [0.4, 0.5) is 4.79 Å². The molecule has 2 atom stereocenters. The zero-order valence-corrected chi connectivity index (χ0v) is 26.9. The third-order valence-electron chi connectivity index (χ3n) is 7.86. The number of aromatic nitrogens is 1. The molecule has 2 unspecified atom stereocenters. The number of allylic oxidation sites excluding steroid dienone is 5. The smallest absolute Gasteiger partial charge is 0.407 e. The third-order valence-corrected chi connectivity index (χ3v) is 10.5. The van der Waals surface area contributed by atoms with Gasteiger partial charge in [0.25, 0.3) is 0 Å². The Labute approximate surface area is 263 Å². The van der Waals surface area contributed by atoms with Gasteiger partial charge in [0.1, 0.15) is 12.4 Å². The van der Waals surface area contributed by atoms with Crippen LogP contribution in [-0.4, -0.2) is 77.8 Å². The molecule has 1 aliphatic carbocycles. The summed E-state index contributed by atoms with van der Waals surface area (Å²) in [6.07, 6.45) is 9.25. The lowest BCUT2D eigenvalue weighted by Crippen LogP contribution is -2.51. The van der Waals surface area contributed by atoms with Crippen molar-refractivity contribution in [3.8, 4) is 0 Å². The number of sulfonamides is 1. The summed E-state index contributed by atoms with van der Waals surface area (Å²) in [5.74, 6) is 0.915. The zero-order valence-electron chi connectivity index (χ0n) is 25.3. The number of nitrogens with one attached hydrogen (secondary N) is 1. The first-order valence-corrected chi connectivity index (χ1v) is 17.5. The predicted octanol–water partition coefficient (Wildman–Crippen LogP) is 4.63. The average molecular weight is 640 g/mol. The van der Waals surface area contributed by atoms with E-state index < -0.39 is 28.3 Å². The maximum Gasteiger partial charge on any atom is 0.407 e. The van der Waals surface area contributed by atoms with E-state index in [4.69, 9.17) is 9.73 Å². The maximum absolute atomic E-state index is 14.1. The highest BCUT2D eigenvalue weighted by molar-refractivity contribution is 7.93. The number of thiazole rings is 1. The quantitative estimate of drug-likeness (QED) is 0.328. The van der Waals surface area contributed by atoms with E-state index in [1.165, 1.54) is 22.1 Å². The highest BCUT2D eigenvalue weighted by atomic mass is 32.2. The molecular weight excluding hydrogens is 599 g/mol. The van der Waals surface area contributed by atoms with Crippen LogP contribution in [0, 0.1) is 5.92 Å². The van der Waals surface area contributed by atoms with Crippen LogP contribution >= 0.6 is 11.3 Å². The molecule has 5 rings (SSSR count). The van der Waals surface area contributed by atoms with Crippen molar-refractivity contribution in [1.29, 1.82) is 0 Å². The molecule has 0 spiro atoms. The molecular formula is C32H41N5O5S2. The second kappa shape index (κ2) is 14.6. The molecule has 1 fully saturated rings. The number of alkyl carbamates (subject to hydrolysis) is 1. The number of hydrogen-bond donors (Lipinski definition) is 2. The molecule has 1 aromatic heterocycles. The fourth-order valence-electron chi connectivity index (χ4n) is 5.59. The molecule has 0 bridgehead atoms. The number of benzene rings is 1. The topological polar surface area (TPSA) is 124 Å². The molecule has 12 heteroatoms. The van der Waals surface area contributed by atoms with Crippen molar-refractivity contribution in [3.63, 3.8) is 0 Å². The Morgan fingerprint density at radius 2 is 1.91 bits per heavy atom. The van der Waals surface area contributed by atoms with E-state index in [2.05, 4.69) is 15.2 Å². The van der Waals surface area contributed by atoms with Crippen molar-refractivity contribution in [1.82, 2.24) is 19.5 Å². The van der Waals surface area contributed by atoms with E-state index in [1.807, 2.05) is 56.3 Å². The number of rotatable bonds is 13. The van der Waals surface area contributed by atoms with Gasteiger partial charge in [-0.25, -0.2) is 18.2 Å². The summed E-state index contributed by atoms with van der Waals surface area (Å²) < 4.78 is 34.9. The van der Waals surface area contributed by atoms with Crippen LogP contribution in [-0.2, 0) is 27.8 Å². The average Bonchev–Trinajstić information content (AvgIpc) is 3.70. The fraction of sp³-hybridized carbons (Fsp3) is 0.469. The Balaban J connectivity index is 1.30. The number of hydrogen-bond acceptors (Lipinski definition) is 9. The Morgan fingerprint density at radius 3 is 2.61 bits per heavy atom. The van der Waals surface area contributed by atoms with Crippen LogP contribution in [0.3, 0.4) is 0 Å². The van der Waals surface area contributed by atoms with Gasteiger partial charge in [0, 0.05) is 44.4 Å². The molecule has 236 valence electrons. The van der Waals surface area contributed by atoms with E-state index in [0.717, 1.165) is 53.5 Å². The van der Waals surface area contributed by atoms with Crippen molar-refractivity contribution in [2.24, 2.45) is 10.9 Å². The van der Waals surface area contributed by atoms with Crippen LogP contribution < -0.4 is 5.32 Å². The summed E-state index contributed by atoms with van der Waals surface area (Å²) in [5.41, 5.74) is 4.25. The fourth-order valence-corrected chi connectivity index (χ4v) is 7.83.